The molecule has 7 nitrogen and oxygen atoms in total. The fourth-order valence-corrected chi connectivity index (χ4v) is 2.56. The summed E-state index contributed by atoms with van der Waals surface area (Å²) in [6.07, 6.45) is 0. The maximum absolute atomic E-state index is 11.3. The monoisotopic (exact) mass is 375 g/mol. The van der Waals surface area contributed by atoms with E-state index in [1.165, 1.54) is 6.92 Å². The number of esters is 1. The lowest BCUT2D eigenvalue weighted by atomic mass is 9.74. The van der Waals surface area contributed by atoms with Gasteiger partial charge in [0.15, 0.2) is 6.79 Å². The Morgan fingerprint density at radius 1 is 1.22 bits per heavy atom. The lowest BCUT2D eigenvalue weighted by Crippen LogP contribution is -2.41. The van der Waals surface area contributed by atoms with E-state index in [4.69, 9.17) is 23.5 Å². The molecular formula is C19H26BNO6. The normalized spacial score (nSPS) is 17.4. The second-order valence-corrected chi connectivity index (χ2v) is 7.27. The van der Waals surface area contributed by atoms with Gasteiger partial charge >= 0.3 is 13.1 Å². The molecule has 1 aliphatic rings. The van der Waals surface area contributed by atoms with Crippen molar-refractivity contribution in [3.05, 3.63) is 23.3 Å². The molecule has 0 aliphatic carbocycles. The first-order valence-corrected chi connectivity index (χ1v) is 8.87. The maximum atomic E-state index is 11.3. The summed E-state index contributed by atoms with van der Waals surface area (Å²) >= 11 is 0. The van der Waals surface area contributed by atoms with E-state index in [9.17, 15) is 10.1 Å². The number of ether oxygens (including phenoxy) is 3. The van der Waals surface area contributed by atoms with Crippen molar-refractivity contribution in [2.75, 3.05) is 13.4 Å². The van der Waals surface area contributed by atoms with Crippen molar-refractivity contribution in [2.24, 2.45) is 0 Å². The van der Waals surface area contributed by atoms with Gasteiger partial charge in [-0.1, -0.05) is 0 Å². The summed E-state index contributed by atoms with van der Waals surface area (Å²) in [5.74, 6) is 0.0201. The Bertz CT molecular complexity index is 724. The highest BCUT2D eigenvalue weighted by molar-refractivity contribution is 6.62. The molecule has 8 heteroatoms. The molecule has 0 bridgehead atoms. The van der Waals surface area contributed by atoms with Crippen molar-refractivity contribution in [3.63, 3.8) is 0 Å². The Morgan fingerprint density at radius 2 is 1.85 bits per heavy atom. The molecule has 2 rings (SSSR count). The van der Waals surface area contributed by atoms with Crippen molar-refractivity contribution in [2.45, 2.75) is 59.4 Å². The quantitative estimate of drug-likeness (QED) is 0.313. The van der Waals surface area contributed by atoms with Crippen LogP contribution in [0.3, 0.4) is 0 Å². The van der Waals surface area contributed by atoms with Gasteiger partial charge in [-0.05, 0) is 52.2 Å². The minimum atomic E-state index is -0.719. The number of hydrogen-bond donors (Lipinski definition) is 0. The molecule has 1 saturated heterocycles. The summed E-state index contributed by atoms with van der Waals surface area (Å²) in [6, 6.07) is 5.46. The van der Waals surface area contributed by atoms with Gasteiger partial charge in [0.05, 0.1) is 22.8 Å². The predicted octanol–water partition coefficient (Wildman–Crippen LogP) is 2.29. The third-order valence-corrected chi connectivity index (χ3v) is 4.82. The van der Waals surface area contributed by atoms with Gasteiger partial charge < -0.3 is 23.5 Å². The van der Waals surface area contributed by atoms with E-state index < -0.39 is 24.3 Å². The summed E-state index contributed by atoms with van der Waals surface area (Å²) in [5.41, 5.74) is 0.363. The van der Waals surface area contributed by atoms with Crippen LogP contribution in [0.25, 0.3) is 0 Å². The second-order valence-electron chi connectivity index (χ2n) is 7.27. The fraction of sp³-hybridized carbons (Fsp3) is 0.579. The summed E-state index contributed by atoms with van der Waals surface area (Å²) in [6.45, 7) is 11.5. The number of carbonyl (C=O) groups excluding carboxylic acids is 1. The van der Waals surface area contributed by atoms with Crippen LogP contribution in [0.1, 0.15) is 52.7 Å². The Labute approximate surface area is 160 Å². The molecule has 146 valence electrons. The fourth-order valence-electron chi connectivity index (χ4n) is 2.56. The van der Waals surface area contributed by atoms with Crippen molar-refractivity contribution >= 4 is 18.6 Å². The Balaban J connectivity index is 2.45. The molecular weight excluding hydrogens is 349 g/mol. The predicted molar refractivity (Wildman–Crippen MR) is 99.5 cm³/mol. The van der Waals surface area contributed by atoms with Gasteiger partial charge in [-0.25, -0.2) is 0 Å². The minimum Gasteiger partial charge on any atom is -0.468 e. The molecule has 0 saturated carbocycles. The van der Waals surface area contributed by atoms with Gasteiger partial charge in [0.2, 0.25) is 0 Å². The SMILES string of the molecule is CCOCOc1cc(C#N)c(COC(C)=O)c(B2OC(C)(C)C(C)(C)O2)c1. The highest BCUT2D eigenvalue weighted by atomic mass is 16.7. The van der Waals surface area contributed by atoms with Crippen LogP contribution < -0.4 is 10.2 Å². The molecule has 0 unspecified atom stereocenters. The van der Waals surface area contributed by atoms with Crippen LogP contribution >= 0.6 is 0 Å². The van der Waals surface area contributed by atoms with Crippen LogP contribution in [0.2, 0.25) is 0 Å². The average Bonchev–Trinajstić information content (AvgIpc) is 2.80. The lowest BCUT2D eigenvalue weighted by molar-refractivity contribution is -0.142. The van der Waals surface area contributed by atoms with Crippen molar-refractivity contribution in [1.29, 1.82) is 5.26 Å². The molecule has 0 radical (unpaired) electrons. The highest BCUT2D eigenvalue weighted by Crippen LogP contribution is 2.37. The summed E-state index contributed by atoms with van der Waals surface area (Å²) < 4.78 is 28.2. The van der Waals surface area contributed by atoms with E-state index in [0.717, 1.165) is 0 Å². The molecule has 0 amide bonds. The molecule has 0 aromatic heterocycles. The van der Waals surface area contributed by atoms with E-state index in [1.807, 2.05) is 34.6 Å². The molecule has 1 aromatic rings. The van der Waals surface area contributed by atoms with Gasteiger partial charge in [0.25, 0.3) is 0 Å². The maximum Gasteiger partial charge on any atom is 0.495 e. The second kappa shape index (κ2) is 8.30. The molecule has 1 aromatic carbocycles. The average molecular weight is 375 g/mol. The van der Waals surface area contributed by atoms with Crippen molar-refractivity contribution in [1.82, 2.24) is 0 Å². The zero-order valence-electron chi connectivity index (χ0n) is 16.8. The number of nitrogens with zero attached hydrogens (tertiary/aromatic N) is 1. The Hall–Kier alpha value is -2.08. The molecule has 1 fully saturated rings. The van der Waals surface area contributed by atoms with E-state index in [1.54, 1.807) is 12.1 Å². The van der Waals surface area contributed by atoms with Crippen LogP contribution in [-0.4, -0.2) is 37.7 Å². The van der Waals surface area contributed by atoms with E-state index >= 15 is 0 Å². The summed E-state index contributed by atoms with van der Waals surface area (Å²) in [7, 11) is -0.719. The number of benzene rings is 1. The van der Waals surface area contributed by atoms with Crippen molar-refractivity contribution in [3.8, 4) is 11.8 Å². The van der Waals surface area contributed by atoms with Crippen LogP contribution in [0.4, 0.5) is 0 Å². The van der Waals surface area contributed by atoms with E-state index in [2.05, 4.69) is 6.07 Å². The number of nitriles is 1. The largest absolute Gasteiger partial charge is 0.495 e. The third-order valence-electron chi connectivity index (χ3n) is 4.82. The van der Waals surface area contributed by atoms with E-state index in [0.29, 0.717) is 28.9 Å². The number of hydrogen-bond acceptors (Lipinski definition) is 7. The Morgan fingerprint density at radius 3 is 2.37 bits per heavy atom. The summed E-state index contributed by atoms with van der Waals surface area (Å²) in [4.78, 5) is 11.3. The molecule has 0 spiro atoms. The number of rotatable bonds is 7. The molecule has 27 heavy (non-hydrogen) atoms. The Kier molecular flexibility index (Phi) is 6.52. The minimum absolute atomic E-state index is 0.0522. The zero-order chi connectivity index (χ0) is 20.2. The molecule has 0 N–H and O–H groups in total. The van der Waals surface area contributed by atoms with Gasteiger partial charge in [-0.15, -0.1) is 0 Å². The molecule has 0 atom stereocenters. The first-order chi connectivity index (χ1) is 12.6. The summed E-state index contributed by atoms with van der Waals surface area (Å²) in [5, 5.41) is 9.59. The van der Waals surface area contributed by atoms with Gasteiger partial charge in [0, 0.05) is 19.1 Å². The van der Waals surface area contributed by atoms with Gasteiger partial charge in [0.1, 0.15) is 12.4 Å². The highest BCUT2D eigenvalue weighted by Gasteiger charge is 2.52. The number of carbonyl (C=O) groups is 1. The first-order valence-electron chi connectivity index (χ1n) is 8.87. The smallest absolute Gasteiger partial charge is 0.468 e. The molecule has 1 aliphatic heterocycles. The van der Waals surface area contributed by atoms with Crippen LogP contribution in [0, 0.1) is 11.3 Å². The van der Waals surface area contributed by atoms with Crippen LogP contribution in [0.5, 0.6) is 5.75 Å². The topological polar surface area (TPSA) is 87.0 Å². The molecule has 1 heterocycles. The zero-order valence-corrected chi connectivity index (χ0v) is 16.8. The van der Waals surface area contributed by atoms with Crippen molar-refractivity contribution < 1.29 is 28.3 Å². The first kappa shape index (κ1) is 21.2. The third kappa shape index (κ3) is 4.80. The lowest BCUT2D eigenvalue weighted by Gasteiger charge is -2.32. The van der Waals surface area contributed by atoms with Gasteiger partial charge in [-0.3, -0.25) is 4.79 Å². The van der Waals surface area contributed by atoms with Crippen LogP contribution in [-0.2, 0) is 30.2 Å². The van der Waals surface area contributed by atoms with E-state index in [-0.39, 0.29) is 13.4 Å². The van der Waals surface area contributed by atoms with Crippen LogP contribution in [0.15, 0.2) is 12.1 Å². The standard InChI is InChI=1S/C19H26BNO6/c1-7-23-12-25-15-8-14(10-21)16(11-24-13(2)22)17(9-15)20-26-18(3,4)19(5,6)27-20/h8-9H,7,11-12H2,1-6H3. The van der Waals surface area contributed by atoms with Gasteiger partial charge in [-0.2, -0.15) is 5.26 Å².